The van der Waals surface area contributed by atoms with Gasteiger partial charge in [-0.2, -0.15) is 0 Å². The molecule has 1 aliphatic rings. The summed E-state index contributed by atoms with van der Waals surface area (Å²) in [4.78, 5) is 15.5. The summed E-state index contributed by atoms with van der Waals surface area (Å²) in [6, 6.07) is 1.37. The zero-order valence-electron chi connectivity index (χ0n) is 10.3. The molecule has 1 aromatic heterocycles. The van der Waals surface area contributed by atoms with E-state index in [-0.39, 0.29) is 23.2 Å². The topological polar surface area (TPSA) is 126 Å². The van der Waals surface area contributed by atoms with Crippen LogP contribution in [0.4, 0.5) is 10.6 Å². The number of halogens is 1. The number of rotatable bonds is 4. The number of nitrogen functional groups attached to an aromatic ring is 1. The Morgan fingerprint density at radius 2 is 2.25 bits per heavy atom. The van der Waals surface area contributed by atoms with Crippen LogP contribution in [0.1, 0.15) is 0 Å². The SMILES string of the molecule is Nc1ncc(Br)cc1S(=O)(=O)NCC1CN(C(=O)O)C1. The monoisotopic (exact) mass is 364 g/mol. The molecule has 0 radical (unpaired) electrons. The molecule has 8 nitrogen and oxygen atoms in total. The van der Waals surface area contributed by atoms with Crippen molar-refractivity contribution in [2.75, 3.05) is 25.4 Å². The number of aromatic nitrogens is 1. The Bertz CT molecular complexity index is 630. The first kappa shape index (κ1) is 15.0. The van der Waals surface area contributed by atoms with E-state index in [1.165, 1.54) is 17.2 Å². The lowest BCUT2D eigenvalue weighted by Crippen LogP contribution is -2.53. The molecule has 2 rings (SSSR count). The van der Waals surface area contributed by atoms with Gasteiger partial charge >= 0.3 is 6.09 Å². The van der Waals surface area contributed by atoms with Crippen LogP contribution in [0.5, 0.6) is 0 Å². The lowest BCUT2D eigenvalue weighted by Gasteiger charge is -2.36. The summed E-state index contributed by atoms with van der Waals surface area (Å²) in [5, 5.41) is 8.68. The standard InChI is InChI=1S/C10H13BrN4O4S/c11-7-1-8(9(12)13-3-7)20(18,19)14-2-6-4-15(5-6)10(16)17/h1,3,6,14H,2,4-5H2,(H2,12,13)(H,16,17). The van der Waals surface area contributed by atoms with E-state index in [0.29, 0.717) is 17.6 Å². The number of hydrogen-bond donors (Lipinski definition) is 3. The predicted octanol–water partition coefficient (Wildman–Crippen LogP) is 0.314. The van der Waals surface area contributed by atoms with E-state index in [1.54, 1.807) is 0 Å². The average molecular weight is 365 g/mol. The maximum absolute atomic E-state index is 12.1. The highest BCUT2D eigenvalue weighted by atomic mass is 79.9. The summed E-state index contributed by atoms with van der Waals surface area (Å²) < 4.78 is 27.1. The second-order valence-corrected chi connectivity index (χ2v) is 7.09. The van der Waals surface area contributed by atoms with E-state index in [4.69, 9.17) is 10.8 Å². The number of anilines is 1. The van der Waals surface area contributed by atoms with Crippen LogP contribution in [0.25, 0.3) is 0 Å². The van der Waals surface area contributed by atoms with Crippen molar-refractivity contribution in [3.05, 3.63) is 16.7 Å². The summed E-state index contributed by atoms with van der Waals surface area (Å²) in [5.41, 5.74) is 5.55. The highest BCUT2D eigenvalue weighted by Crippen LogP contribution is 2.21. The Labute approximate surface area is 124 Å². The summed E-state index contributed by atoms with van der Waals surface area (Å²) in [6.45, 7) is 0.812. The molecule has 1 aliphatic heterocycles. The van der Waals surface area contributed by atoms with Crippen molar-refractivity contribution >= 4 is 37.9 Å². The van der Waals surface area contributed by atoms with E-state index < -0.39 is 16.1 Å². The van der Waals surface area contributed by atoms with E-state index in [2.05, 4.69) is 25.6 Å². The van der Waals surface area contributed by atoms with Crippen LogP contribution < -0.4 is 10.5 Å². The molecule has 0 unspecified atom stereocenters. The minimum absolute atomic E-state index is 0.0257. The largest absolute Gasteiger partial charge is 0.465 e. The molecule has 20 heavy (non-hydrogen) atoms. The van der Waals surface area contributed by atoms with Crippen molar-refractivity contribution in [2.45, 2.75) is 4.90 Å². The van der Waals surface area contributed by atoms with E-state index in [1.807, 2.05) is 0 Å². The van der Waals surface area contributed by atoms with Gasteiger partial charge in [0.15, 0.2) is 0 Å². The molecule has 0 saturated carbocycles. The Balaban J connectivity index is 1.99. The third-order valence-electron chi connectivity index (χ3n) is 2.93. The number of likely N-dealkylation sites (tertiary alicyclic amines) is 1. The molecule has 110 valence electrons. The number of nitrogens with two attached hydrogens (primary N) is 1. The third kappa shape index (κ3) is 3.19. The molecule has 0 bridgehead atoms. The highest BCUT2D eigenvalue weighted by Gasteiger charge is 2.31. The fourth-order valence-corrected chi connectivity index (χ4v) is 3.51. The molecule has 0 spiro atoms. The fourth-order valence-electron chi connectivity index (χ4n) is 1.81. The van der Waals surface area contributed by atoms with Crippen LogP contribution in [0.2, 0.25) is 0 Å². The normalized spacial score (nSPS) is 15.9. The second-order valence-electron chi connectivity index (χ2n) is 4.44. The van der Waals surface area contributed by atoms with Gasteiger partial charge in [-0.05, 0) is 22.0 Å². The maximum Gasteiger partial charge on any atom is 0.407 e. The molecule has 4 N–H and O–H groups in total. The van der Waals surface area contributed by atoms with E-state index in [9.17, 15) is 13.2 Å². The first-order chi connectivity index (χ1) is 9.29. The Kier molecular flexibility index (Phi) is 4.16. The molecule has 0 aliphatic carbocycles. The molecular weight excluding hydrogens is 352 g/mol. The first-order valence-electron chi connectivity index (χ1n) is 5.68. The fraction of sp³-hybridized carbons (Fsp3) is 0.400. The average Bonchev–Trinajstić information content (AvgIpc) is 2.29. The van der Waals surface area contributed by atoms with Crippen LogP contribution in [0.3, 0.4) is 0 Å². The van der Waals surface area contributed by atoms with Gasteiger partial charge in [0.1, 0.15) is 10.7 Å². The maximum atomic E-state index is 12.1. The Hall–Kier alpha value is -1.39. The second kappa shape index (κ2) is 5.54. The van der Waals surface area contributed by atoms with Crippen molar-refractivity contribution in [2.24, 2.45) is 5.92 Å². The minimum Gasteiger partial charge on any atom is -0.465 e. The van der Waals surface area contributed by atoms with Crippen LogP contribution in [-0.2, 0) is 10.0 Å². The van der Waals surface area contributed by atoms with Gasteiger partial charge in [-0.15, -0.1) is 0 Å². The lowest BCUT2D eigenvalue weighted by molar-refractivity contribution is 0.0837. The zero-order valence-corrected chi connectivity index (χ0v) is 12.7. The number of hydrogen-bond acceptors (Lipinski definition) is 5. The Morgan fingerprint density at radius 3 is 2.85 bits per heavy atom. The molecular formula is C10H13BrN4O4S. The number of nitrogens with one attached hydrogen (secondary N) is 1. The van der Waals surface area contributed by atoms with Gasteiger partial charge in [0.25, 0.3) is 0 Å². The number of sulfonamides is 1. The lowest BCUT2D eigenvalue weighted by atomic mass is 10.0. The van der Waals surface area contributed by atoms with Gasteiger partial charge in [0, 0.05) is 36.2 Å². The number of nitrogens with zero attached hydrogens (tertiary/aromatic N) is 2. The quantitative estimate of drug-likeness (QED) is 0.705. The van der Waals surface area contributed by atoms with Crippen LogP contribution >= 0.6 is 15.9 Å². The van der Waals surface area contributed by atoms with Crippen molar-refractivity contribution in [1.82, 2.24) is 14.6 Å². The van der Waals surface area contributed by atoms with Gasteiger partial charge in [0.05, 0.1) is 0 Å². The van der Waals surface area contributed by atoms with Crippen molar-refractivity contribution in [3.8, 4) is 0 Å². The molecule has 0 atom stereocenters. The van der Waals surface area contributed by atoms with E-state index >= 15 is 0 Å². The van der Waals surface area contributed by atoms with Gasteiger partial charge in [0.2, 0.25) is 10.0 Å². The van der Waals surface area contributed by atoms with Gasteiger partial charge in [-0.25, -0.2) is 22.9 Å². The molecule has 1 fully saturated rings. The number of pyridine rings is 1. The third-order valence-corrected chi connectivity index (χ3v) is 4.81. The summed E-state index contributed by atoms with van der Waals surface area (Å²) in [5.74, 6) is -0.108. The number of carboxylic acid groups (broad SMARTS) is 1. The van der Waals surface area contributed by atoms with Crippen LogP contribution in [-0.4, -0.2) is 49.1 Å². The molecule has 1 saturated heterocycles. The first-order valence-corrected chi connectivity index (χ1v) is 7.96. The van der Waals surface area contributed by atoms with Crippen LogP contribution in [0.15, 0.2) is 21.6 Å². The minimum atomic E-state index is -3.76. The van der Waals surface area contributed by atoms with Crippen molar-refractivity contribution in [3.63, 3.8) is 0 Å². The zero-order chi connectivity index (χ0) is 14.9. The summed E-state index contributed by atoms with van der Waals surface area (Å²) in [7, 11) is -3.76. The molecule has 0 aromatic carbocycles. The summed E-state index contributed by atoms with van der Waals surface area (Å²) in [6.07, 6.45) is 0.412. The van der Waals surface area contributed by atoms with Gasteiger partial charge in [-0.1, -0.05) is 0 Å². The van der Waals surface area contributed by atoms with Crippen molar-refractivity contribution < 1.29 is 18.3 Å². The Morgan fingerprint density at radius 1 is 1.60 bits per heavy atom. The molecule has 1 amide bonds. The van der Waals surface area contributed by atoms with Crippen LogP contribution in [0, 0.1) is 5.92 Å². The van der Waals surface area contributed by atoms with Gasteiger partial charge < -0.3 is 15.7 Å². The van der Waals surface area contributed by atoms with E-state index in [0.717, 1.165) is 0 Å². The summed E-state index contributed by atoms with van der Waals surface area (Å²) >= 11 is 3.14. The highest BCUT2D eigenvalue weighted by molar-refractivity contribution is 9.10. The molecule has 1 aromatic rings. The number of carbonyl (C=O) groups is 1. The molecule has 10 heteroatoms. The van der Waals surface area contributed by atoms with Gasteiger partial charge in [-0.3, -0.25) is 0 Å². The smallest absolute Gasteiger partial charge is 0.407 e. The van der Waals surface area contributed by atoms with Crippen molar-refractivity contribution in [1.29, 1.82) is 0 Å². The molecule has 2 heterocycles. The predicted molar refractivity (Wildman–Crippen MR) is 74.6 cm³/mol. The number of amides is 1.